The predicted octanol–water partition coefficient (Wildman–Crippen LogP) is 2.30. The molecular weight excluding hydrogens is 662 g/mol. The Morgan fingerprint density at radius 1 is 1.08 bits per heavy atom. The lowest BCUT2D eigenvalue weighted by Crippen LogP contribution is -2.59. The average molecular weight is 708 g/mol. The molecular formula is C35H45N7O9. The molecule has 274 valence electrons. The van der Waals surface area contributed by atoms with Gasteiger partial charge in [-0.05, 0) is 49.4 Å². The summed E-state index contributed by atoms with van der Waals surface area (Å²) in [4.78, 5) is 78.2. The fraction of sp³-hybridized carbons (Fsp3) is 0.400. The number of amidine groups is 1. The second kappa shape index (κ2) is 22.0. The highest BCUT2D eigenvalue weighted by molar-refractivity contribution is 6.08. The van der Waals surface area contributed by atoms with E-state index in [0.29, 0.717) is 42.1 Å². The van der Waals surface area contributed by atoms with Crippen molar-refractivity contribution in [1.82, 2.24) is 15.5 Å². The van der Waals surface area contributed by atoms with Crippen LogP contribution in [0, 0.1) is 5.41 Å². The molecule has 3 rings (SSSR count). The van der Waals surface area contributed by atoms with Crippen LogP contribution in [0.25, 0.3) is 10.8 Å². The van der Waals surface area contributed by atoms with Gasteiger partial charge in [-0.1, -0.05) is 41.6 Å². The van der Waals surface area contributed by atoms with E-state index in [-0.39, 0.29) is 43.8 Å². The van der Waals surface area contributed by atoms with E-state index in [4.69, 9.17) is 25.8 Å². The molecule has 2 aromatic carbocycles. The highest BCUT2D eigenvalue weighted by Gasteiger charge is 2.37. The summed E-state index contributed by atoms with van der Waals surface area (Å²) in [6.07, 6.45) is 4.47. The lowest BCUT2D eigenvalue weighted by atomic mass is 9.97. The van der Waals surface area contributed by atoms with E-state index in [1.807, 2.05) is 18.2 Å². The third-order valence-corrected chi connectivity index (χ3v) is 7.89. The number of nitrogens with two attached hydrogens (primary N) is 1. The third kappa shape index (κ3) is 12.6. The first-order valence-corrected chi connectivity index (χ1v) is 16.1. The van der Waals surface area contributed by atoms with Crippen molar-refractivity contribution in [1.29, 1.82) is 5.41 Å². The number of Topliss-reactive ketones (excluding diaryl/α,β-unsaturated/α-hetero) is 1. The number of rotatable bonds is 17. The molecule has 0 saturated carbocycles. The second-order valence-electron chi connectivity index (χ2n) is 11.2. The van der Waals surface area contributed by atoms with Crippen LogP contribution in [0.3, 0.4) is 0 Å². The predicted molar refractivity (Wildman–Crippen MR) is 187 cm³/mol. The lowest BCUT2D eigenvalue weighted by Gasteiger charge is -2.37. The van der Waals surface area contributed by atoms with E-state index in [2.05, 4.69) is 21.0 Å². The van der Waals surface area contributed by atoms with Crippen molar-refractivity contribution in [3.63, 3.8) is 0 Å². The Hall–Kier alpha value is -5.77. The maximum absolute atomic E-state index is 14.1. The molecule has 1 saturated heterocycles. The monoisotopic (exact) mass is 707 g/mol. The van der Waals surface area contributed by atoms with Crippen LogP contribution < -0.4 is 16.5 Å². The molecule has 6 N–H and O–H groups in total. The van der Waals surface area contributed by atoms with Crippen LogP contribution in [0.2, 0.25) is 0 Å². The number of amides is 3. The first kappa shape index (κ1) is 41.4. The molecule has 1 aliphatic rings. The van der Waals surface area contributed by atoms with Gasteiger partial charge >= 0.3 is 0 Å². The number of ketones is 1. The number of aliphatic hydroxyl groups excluding tert-OH is 1. The highest BCUT2D eigenvalue weighted by atomic mass is 16.5. The zero-order valence-corrected chi connectivity index (χ0v) is 28.9. The fourth-order valence-electron chi connectivity index (χ4n) is 5.34. The first-order valence-electron chi connectivity index (χ1n) is 16.1. The summed E-state index contributed by atoms with van der Waals surface area (Å²) >= 11 is 0. The molecule has 2 aromatic rings. The topological polar surface area (TPSA) is 243 Å². The van der Waals surface area contributed by atoms with Gasteiger partial charge in [-0.25, -0.2) is 0 Å². The van der Waals surface area contributed by atoms with Crippen molar-refractivity contribution in [3.8, 4) is 0 Å². The summed E-state index contributed by atoms with van der Waals surface area (Å²) < 4.78 is 10.5. The van der Waals surface area contributed by atoms with Crippen LogP contribution in [0.4, 0.5) is 0 Å². The molecule has 1 aliphatic heterocycles. The molecule has 1 heterocycles. The number of nitrogens with zero attached hydrogens (tertiary/aromatic N) is 3. The Balaban J connectivity index is 0.00000442. The number of carbonyl (C=O) groups is 6. The Morgan fingerprint density at radius 3 is 2.49 bits per heavy atom. The van der Waals surface area contributed by atoms with Gasteiger partial charge in [0.2, 0.25) is 11.8 Å². The van der Waals surface area contributed by atoms with Crippen molar-refractivity contribution in [2.24, 2.45) is 16.2 Å². The number of piperidine rings is 1. The highest BCUT2D eigenvalue weighted by Crippen LogP contribution is 2.22. The van der Waals surface area contributed by atoms with Crippen LogP contribution in [0.15, 0.2) is 76.5 Å². The van der Waals surface area contributed by atoms with E-state index < -0.39 is 48.2 Å². The van der Waals surface area contributed by atoms with Crippen molar-refractivity contribution >= 4 is 52.7 Å². The Kier molecular flexibility index (Phi) is 17.9. The molecule has 51 heavy (non-hydrogen) atoms. The standard InChI is InChI=1S/C34H41N7O8.CH4O/c1-22(48-2)20-24(15-18-42)49-21-30(44)27(16-19-43)37-33(46)29-12-5-6-17-41(29)34(47)28(13-14-31(35)39-40-36)38-32(45)26-11-7-9-23-8-3-4-10-25(23)26;1-2/h3-4,7-11,15,18-20,27-29H,5-6,12-14,16-17,21H2,1-2H3,(H,37,46)(H,38,45)(H3,35,36,39);2H,1H3/b22-20-,24-15+;. The molecule has 0 aromatic heterocycles. The van der Waals surface area contributed by atoms with Gasteiger partial charge in [0, 0.05) is 44.2 Å². The average Bonchev–Trinajstić information content (AvgIpc) is 3.15. The summed E-state index contributed by atoms with van der Waals surface area (Å²) in [5.74, 6) is 2.96. The summed E-state index contributed by atoms with van der Waals surface area (Å²) in [6, 6.07) is 9.10. The van der Waals surface area contributed by atoms with Crippen molar-refractivity contribution in [3.05, 3.63) is 71.7 Å². The van der Waals surface area contributed by atoms with E-state index in [1.165, 1.54) is 18.1 Å². The van der Waals surface area contributed by atoms with E-state index in [1.54, 1.807) is 31.2 Å². The molecule has 0 radical (unpaired) electrons. The zero-order valence-electron chi connectivity index (χ0n) is 28.9. The number of aliphatic hydroxyl groups is 1. The van der Waals surface area contributed by atoms with Gasteiger partial charge in [0.25, 0.3) is 5.91 Å². The number of likely N-dealkylation sites (tertiary alicyclic amines) is 1. The van der Waals surface area contributed by atoms with Gasteiger partial charge in [0.1, 0.15) is 42.9 Å². The van der Waals surface area contributed by atoms with Crippen molar-refractivity contribution in [2.75, 3.05) is 27.4 Å². The first-order chi connectivity index (χ1) is 24.6. The maximum Gasteiger partial charge on any atom is 0.252 e. The molecule has 3 atom stereocenters. The van der Waals surface area contributed by atoms with Gasteiger partial charge in [-0.15, -0.1) is 5.11 Å². The second-order valence-corrected chi connectivity index (χ2v) is 11.2. The van der Waals surface area contributed by atoms with Gasteiger partial charge in [-0.2, -0.15) is 0 Å². The largest absolute Gasteiger partial charge is 0.501 e. The molecule has 3 amide bonds. The molecule has 0 aliphatic carbocycles. The maximum atomic E-state index is 14.1. The number of allylic oxidation sites excluding steroid dienone is 3. The lowest BCUT2D eigenvalue weighted by molar-refractivity contribution is -0.144. The normalized spacial score (nSPS) is 15.8. The summed E-state index contributed by atoms with van der Waals surface area (Å²) in [5, 5.41) is 28.5. The Morgan fingerprint density at radius 2 is 1.80 bits per heavy atom. The summed E-state index contributed by atoms with van der Waals surface area (Å²) in [6.45, 7) is 1.25. The van der Waals surface area contributed by atoms with Crippen LogP contribution in [-0.4, -0.2) is 97.4 Å². The fourth-order valence-corrected chi connectivity index (χ4v) is 5.34. The van der Waals surface area contributed by atoms with E-state index >= 15 is 0 Å². The van der Waals surface area contributed by atoms with Gasteiger partial charge in [0.15, 0.2) is 5.78 Å². The molecule has 1 fully saturated rings. The Labute approximate surface area is 295 Å². The quantitative estimate of drug-likeness (QED) is 0.0185. The number of nitrogens with one attached hydrogen (secondary N) is 3. The van der Waals surface area contributed by atoms with E-state index in [0.717, 1.165) is 18.6 Å². The minimum absolute atomic E-state index is 0.0325. The number of carbonyl (C=O) groups excluding carboxylic acids is 6. The van der Waals surface area contributed by atoms with Crippen molar-refractivity contribution in [2.45, 2.75) is 63.6 Å². The van der Waals surface area contributed by atoms with Crippen LogP contribution in [-0.2, 0) is 33.4 Å². The van der Waals surface area contributed by atoms with Crippen LogP contribution >= 0.6 is 0 Å². The van der Waals surface area contributed by atoms with Gasteiger partial charge in [0.05, 0.1) is 18.9 Å². The van der Waals surface area contributed by atoms with Crippen molar-refractivity contribution < 1.29 is 43.3 Å². The van der Waals surface area contributed by atoms with E-state index in [9.17, 15) is 28.8 Å². The molecule has 0 spiro atoms. The number of aldehydes is 2. The molecule has 16 heteroatoms. The summed E-state index contributed by atoms with van der Waals surface area (Å²) in [7, 11) is 2.42. The van der Waals surface area contributed by atoms with Gasteiger partial charge in [-0.3, -0.25) is 29.4 Å². The number of methoxy groups -OCH3 is 1. The smallest absolute Gasteiger partial charge is 0.252 e. The summed E-state index contributed by atoms with van der Waals surface area (Å²) in [5.41, 5.74) is 0.344. The minimum atomic E-state index is -1.27. The number of benzene rings is 2. The van der Waals surface area contributed by atoms with Crippen LogP contribution in [0.1, 0.15) is 55.8 Å². The number of fused-ring (bicyclic) bond motifs is 1. The van der Waals surface area contributed by atoms with Crippen LogP contribution in [0.5, 0.6) is 0 Å². The molecule has 3 unspecified atom stereocenters. The number of hydrogen-bond donors (Lipinski definition) is 5. The number of hydrogen-bond acceptors (Lipinski definition) is 11. The molecule has 16 nitrogen and oxygen atoms in total. The zero-order chi connectivity index (χ0) is 37.8. The SMILES string of the molecule is CO.CO/C(C)=C\C(=C/C=O)OCC(=O)C(CC=O)NC(=O)C1CCCCN1C(=O)C(CCC(=N)N=NN)NC(=O)c1cccc2ccccc12. The third-order valence-electron chi connectivity index (χ3n) is 7.89. The molecule has 0 bridgehead atoms. The van der Waals surface area contributed by atoms with Gasteiger partial charge < -0.3 is 40.8 Å². The Bertz CT molecular complexity index is 1630. The number of ether oxygens (including phenoxy) is 2. The minimum Gasteiger partial charge on any atom is -0.501 e.